The van der Waals surface area contributed by atoms with E-state index in [1.807, 2.05) is 24.3 Å². The van der Waals surface area contributed by atoms with Crippen molar-refractivity contribution < 1.29 is 31.1 Å². The van der Waals surface area contributed by atoms with Gasteiger partial charge in [0.1, 0.15) is 12.3 Å². The Morgan fingerprint density at radius 1 is 1.00 bits per heavy atom. The molecule has 2 aromatic rings. The van der Waals surface area contributed by atoms with Crippen LogP contribution in [0.5, 0.6) is 5.75 Å². The number of halogens is 3. The molecule has 0 saturated carbocycles. The Morgan fingerprint density at radius 3 is 2.10 bits per heavy atom. The standard InChI is InChI=1S/C20H22F3N3O4S/c1-30-17-6-4-16(5-7-17)25-10-12-26(13-11-25)31(28,29)18-8-2-15(3-9-18)19(27)24-14-20(21,22)23/h2-9H,10-14H2,1H3,(H,24,27). The van der Waals surface area contributed by atoms with E-state index in [0.717, 1.165) is 11.4 Å². The molecular weight excluding hydrogens is 435 g/mol. The Bertz CT molecular complexity index is 1000. The predicted octanol–water partition coefficient (Wildman–Crippen LogP) is 2.50. The highest BCUT2D eigenvalue weighted by Crippen LogP contribution is 2.23. The third kappa shape index (κ3) is 5.67. The Kier molecular flexibility index (Phi) is 6.75. The van der Waals surface area contributed by atoms with Crippen molar-refractivity contribution in [1.82, 2.24) is 9.62 Å². The lowest BCUT2D eigenvalue weighted by molar-refractivity contribution is -0.123. The number of rotatable bonds is 6. The second-order valence-electron chi connectivity index (χ2n) is 6.91. The van der Waals surface area contributed by atoms with Crippen LogP contribution in [0, 0.1) is 0 Å². The van der Waals surface area contributed by atoms with Crippen molar-refractivity contribution in [3.63, 3.8) is 0 Å². The van der Waals surface area contributed by atoms with Crippen molar-refractivity contribution in [2.45, 2.75) is 11.1 Å². The minimum absolute atomic E-state index is 0.0160. The summed E-state index contributed by atoms with van der Waals surface area (Å²) in [5.41, 5.74) is 0.916. The number of benzene rings is 2. The average molecular weight is 457 g/mol. The second-order valence-corrected chi connectivity index (χ2v) is 8.85. The van der Waals surface area contributed by atoms with Gasteiger partial charge in [0.25, 0.3) is 5.91 Å². The van der Waals surface area contributed by atoms with E-state index in [-0.39, 0.29) is 23.5 Å². The number of sulfonamides is 1. The fourth-order valence-corrected chi connectivity index (χ4v) is 4.61. The van der Waals surface area contributed by atoms with E-state index < -0.39 is 28.7 Å². The number of hydrogen-bond acceptors (Lipinski definition) is 5. The summed E-state index contributed by atoms with van der Waals surface area (Å²) in [5.74, 6) is -0.185. The van der Waals surface area contributed by atoms with E-state index in [4.69, 9.17) is 4.74 Å². The normalized spacial score (nSPS) is 15.5. The number of carbonyl (C=O) groups is 1. The molecule has 168 valence electrons. The van der Waals surface area contributed by atoms with Gasteiger partial charge in [-0.1, -0.05) is 0 Å². The van der Waals surface area contributed by atoms with Gasteiger partial charge in [-0.25, -0.2) is 8.42 Å². The van der Waals surface area contributed by atoms with Crippen LogP contribution in [0.1, 0.15) is 10.4 Å². The molecule has 1 fully saturated rings. The quantitative estimate of drug-likeness (QED) is 0.721. The molecule has 0 aliphatic carbocycles. The molecule has 0 radical (unpaired) electrons. The number of ether oxygens (including phenoxy) is 1. The molecule has 2 aromatic carbocycles. The largest absolute Gasteiger partial charge is 0.497 e. The summed E-state index contributed by atoms with van der Waals surface area (Å²) >= 11 is 0. The maximum atomic E-state index is 12.9. The summed E-state index contributed by atoms with van der Waals surface area (Å²) in [7, 11) is -2.20. The molecule has 1 amide bonds. The van der Waals surface area contributed by atoms with Gasteiger partial charge < -0.3 is 15.0 Å². The number of piperazine rings is 1. The minimum atomic E-state index is -4.52. The molecule has 11 heteroatoms. The van der Waals surface area contributed by atoms with Gasteiger partial charge in [-0.2, -0.15) is 17.5 Å². The van der Waals surface area contributed by atoms with Gasteiger partial charge >= 0.3 is 6.18 Å². The number of alkyl halides is 3. The first-order chi connectivity index (χ1) is 14.6. The van der Waals surface area contributed by atoms with E-state index in [1.54, 1.807) is 12.4 Å². The van der Waals surface area contributed by atoms with Crippen molar-refractivity contribution in [3.05, 3.63) is 54.1 Å². The number of methoxy groups -OCH3 is 1. The van der Waals surface area contributed by atoms with Gasteiger partial charge in [-0.05, 0) is 48.5 Å². The highest BCUT2D eigenvalue weighted by molar-refractivity contribution is 7.89. The van der Waals surface area contributed by atoms with Crippen LogP contribution in [0.2, 0.25) is 0 Å². The first-order valence-corrected chi connectivity index (χ1v) is 10.9. The molecular formula is C20H22F3N3O4S. The van der Waals surface area contributed by atoms with Crippen molar-refractivity contribution in [1.29, 1.82) is 0 Å². The minimum Gasteiger partial charge on any atom is -0.497 e. The molecule has 3 rings (SSSR count). The zero-order valence-electron chi connectivity index (χ0n) is 16.7. The fraction of sp³-hybridized carbons (Fsp3) is 0.350. The molecule has 1 heterocycles. The average Bonchev–Trinajstić information content (AvgIpc) is 2.77. The highest BCUT2D eigenvalue weighted by Gasteiger charge is 2.30. The lowest BCUT2D eigenvalue weighted by Gasteiger charge is -2.35. The number of amides is 1. The Labute approximate surface area is 178 Å². The summed E-state index contributed by atoms with van der Waals surface area (Å²) < 4.78 is 68.9. The molecule has 1 N–H and O–H groups in total. The lowest BCUT2D eigenvalue weighted by atomic mass is 10.2. The fourth-order valence-electron chi connectivity index (χ4n) is 3.19. The summed E-state index contributed by atoms with van der Waals surface area (Å²) in [6.07, 6.45) is -4.52. The van der Waals surface area contributed by atoms with Gasteiger partial charge in [-0.3, -0.25) is 4.79 Å². The van der Waals surface area contributed by atoms with E-state index in [9.17, 15) is 26.4 Å². The molecule has 7 nitrogen and oxygen atoms in total. The number of hydrogen-bond donors (Lipinski definition) is 1. The van der Waals surface area contributed by atoms with Crippen LogP contribution in [0.15, 0.2) is 53.4 Å². The van der Waals surface area contributed by atoms with Gasteiger partial charge in [0.2, 0.25) is 10.0 Å². The van der Waals surface area contributed by atoms with E-state index in [2.05, 4.69) is 4.90 Å². The monoisotopic (exact) mass is 457 g/mol. The molecule has 0 spiro atoms. The van der Waals surface area contributed by atoms with E-state index in [1.165, 1.54) is 28.6 Å². The summed E-state index contributed by atoms with van der Waals surface area (Å²) in [6, 6.07) is 12.4. The maximum Gasteiger partial charge on any atom is 0.405 e. The van der Waals surface area contributed by atoms with Crippen molar-refractivity contribution in [3.8, 4) is 5.75 Å². The lowest BCUT2D eigenvalue weighted by Crippen LogP contribution is -2.48. The van der Waals surface area contributed by atoms with Crippen LogP contribution in [0.3, 0.4) is 0 Å². The van der Waals surface area contributed by atoms with Crippen LogP contribution in [-0.4, -0.2) is 64.6 Å². The van der Waals surface area contributed by atoms with E-state index in [0.29, 0.717) is 13.1 Å². The third-order valence-electron chi connectivity index (χ3n) is 4.88. The number of carbonyl (C=O) groups excluding carboxylic acids is 1. The van der Waals surface area contributed by atoms with Crippen LogP contribution >= 0.6 is 0 Å². The second kappa shape index (κ2) is 9.15. The van der Waals surface area contributed by atoms with Crippen LogP contribution in [0.25, 0.3) is 0 Å². The molecule has 31 heavy (non-hydrogen) atoms. The zero-order chi connectivity index (χ0) is 22.6. The SMILES string of the molecule is COc1ccc(N2CCN(S(=O)(=O)c3ccc(C(=O)NCC(F)(F)F)cc3)CC2)cc1. The van der Waals surface area contributed by atoms with Crippen molar-refractivity contribution >= 4 is 21.6 Å². The molecule has 1 aliphatic heterocycles. The first kappa shape index (κ1) is 22.9. The number of nitrogens with one attached hydrogen (secondary N) is 1. The molecule has 0 unspecified atom stereocenters. The molecule has 1 saturated heterocycles. The van der Waals surface area contributed by atoms with Gasteiger partial charge in [0.15, 0.2) is 0 Å². The number of nitrogens with zero attached hydrogens (tertiary/aromatic N) is 2. The van der Waals surface area contributed by atoms with E-state index >= 15 is 0 Å². The Morgan fingerprint density at radius 2 is 1.58 bits per heavy atom. The summed E-state index contributed by atoms with van der Waals surface area (Å²) in [4.78, 5) is 13.8. The van der Waals surface area contributed by atoms with Gasteiger partial charge in [0.05, 0.1) is 12.0 Å². The van der Waals surface area contributed by atoms with Crippen molar-refractivity contribution in [2.24, 2.45) is 0 Å². The Balaban J connectivity index is 1.62. The summed E-state index contributed by atoms with van der Waals surface area (Å²) in [5, 5.41) is 1.75. The third-order valence-corrected chi connectivity index (χ3v) is 6.79. The van der Waals surface area contributed by atoms with Crippen LogP contribution in [-0.2, 0) is 10.0 Å². The topological polar surface area (TPSA) is 79.0 Å². The van der Waals surface area contributed by atoms with Crippen LogP contribution < -0.4 is 15.0 Å². The zero-order valence-corrected chi connectivity index (χ0v) is 17.5. The first-order valence-electron chi connectivity index (χ1n) is 9.44. The molecule has 0 aromatic heterocycles. The summed E-state index contributed by atoms with van der Waals surface area (Å²) in [6.45, 7) is 0.113. The number of anilines is 1. The molecule has 0 atom stereocenters. The smallest absolute Gasteiger partial charge is 0.405 e. The molecule has 1 aliphatic rings. The van der Waals surface area contributed by atoms with Gasteiger partial charge in [0, 0.05) is 37.4 Å². The Hall–Kier alpha value is -2.79. The molecule has 0 bridgehead atoms. The predicted molar refractivity (Wildman–Crippen MR) is 109 cm³/mol. The van der Waals surface area contributed by atoms with Crippen molar-refractivity contribution in [2.75, 3.05) is 44.7 Å². The van der Waals surface area contributed by atoms with Gasteiger partial charge in [-0.15, -0.1) is 0 Å². The maximum absolute atomic E-state index is 12.9. The highest BCUT2D eigenvalue weighted by atomic mass is 32.2. The van der Waals surface area contributed by atoms with Crippen LogP contribution in [0.4, 0.5) is 18.9 Å².